The SMILES string of the molecule is CCC(CC)CN(CC)c1ccc([N+](=O)[O-])cc1C(C)=O. The zero-order valence-electron chi connectivity index (χ0n) is 13.3. The van der Waals surface area contributed by atoms with Gasteiger partial charge in [-0.25, -0.2) is 0 Å². The summed E-state index contributed by atoms with van der Waals surface area (Å²) in [6.07, 6.45) is 2.16. The second-order valence-electron chi connectivity index (χ2n) is 5.24. The number of nitro groups is 1. The summed E-state index contributed by atoms with van der Waals surface area (Å²) in [6.45, 7) is 9.44. The predicted molar refractivity (Wildman–Crippen MR) is 85.1 cm³/mol. The van der Waals surface area contributed by atoms with Crippen molar-refractivity contribution in [2.75, 3.05) is 18.0 Å². The minimum absolute atomic E-state index is 0.0393. The number of benzene rings is 1. The van der Waals surface area contributed by atoms with Crippen LogP contribution in [0.25, 0.3) is 0 Å². The highest BCUT2D eigenvalue weighted by atomic mass is 16.6. The van der Waals surface area contributed by atoms with Crippen molar-refractivity contribution < 1.29 is 9.72 Å². The number of nitrogens with zero attached hydrogens (tertiary/aromatic N) is 2. The lowest BCUT2D eigenvalue weighted by Crippen LogP contribution is -2.30. The highest BCUT2D eigenvalue weighted by molar-refractivity contribution is 6.00. The van der Waals surface area contributed by atoms with Gasteiger partial charge in [-0.2, -0.15) is 0 Å². The van der Waals surface area contributed by atoms with Crippen LogP contribution in [0.3, 0.4) is 0 Å². The van der Waals surface area contributed by atoms with Crippen molar-refractivity contribution in [1.82, 2.24) is 0 Å². The normalized spacial score (nSPS) is 10.7. The van der Waals surface area contributed by atoms with E-state index in [0.717, 1.165) is 31.6 Å². The molecule has 116 valence electrons. The Kier molecular flexibility index (Phi) is 6.34. The molecule has 0 radical (unpaired) electrons. The molecule has 0 aromatic heterocycles. The number of anilines is 1. The number of rotatable bonds is 8. The fourth-order valence-electron chi connectivity index (χ4n) is 2.45. The molecule has 0 N–H and O–H groups in total. The maximum absolute atomic E-state index is 11.8. The molecule has 21 heavy (non-hydrogen) atoms. The molecule has 0 fully saturated rings. The van der Waals surface area contributed by atoms with Crippen LogP contribution in [0.15, 0.2) is 18.2 Å². The highest BCUT2D eigenvalue weighted by Gasteiger charge is 2.19. The average Bonchev–Trinajstić information content (AvgIpc) is 2.48. The molecule has 5 nitrogen and oxygen atoms in total. The number of hydrogen-bond acceptors (Lipinski definition) is 4. The van der Waals surface area contributed by atoms with E-state index >= 15 is 0 Å². The number of Topliss-reactive ketones (excluding diaryl/α,β-unsaturated/α-hetero) is 1. The largest absolute Gasteiger partial charge is 0.371 e. The Morgan fingerprint density at radius 1 is 1.29 bits per heavy atom. The first-order valence-electron chi connectivity index (χ1n) is 7.48. The van der Waals surface area contributed by atoms with Gasteiger partial charge in [0, 0.05) is 36.5 Å². The van der Waals surface area contributed by atoms with E-state index in [9.17, 15) is 14.9 Å². The Morgan fingerprint density at radius 2 is 1.90 bits per heavy atom. The molecule has 0 spiro atoms. The van der Waals surface area contributed by atoms with Crippen LogP contribution in [0.1, 0.15) is 50.9 Å². The van der Waals surface area contributed by atoms with Gasteiger partial charge in [0.1, 0.15) is 0 Å². The molecule has 0 heterocycles. The third kappa shape index (κ3) is 4.28. The number of non-ortho nitro benzene ring substituents is 1. The Labute approximate surface area is 126 Å². The molecule has 5 heteroatoms. The van der Waals surface area contributed by atoms with E-state index in [1.54, 1.807) is 6.07 Å². The number of ketones is 1. The lowest BCUT2D eigenvalue weighted by atomic mass is 10.0. The van der Waals surface area contributed by atoms with Gasteiger partial charge >= 0.3 is 0 Å². The molecule has 1 rings (SSSR count). The maximum Gasteiger partial charge on any atom is 0.270 e. The van der Waals surface area contributed by atoms with Crippen LogP contribution >= 0.6 is 0 Å². The van der Waals surface area contributed by atoms with Gasteiger partial charge in [0.15, 0.2) is 5.78 Å². The topological polar surface area (TPSA) is 63.4 Å². The maximum atomic E-state index is 11.8. The van der Waals surface area contributed by atoms with E-state index in [1.165, 1.54) is 19.1 Å². The number of carbonyl (C=O) groups excluding carboxylic acids is 1. The minimum Gasteiger partial charge on any atom is -0.371 e. The summed E-state index contributed by atoms with van der Waals surface area (Å²) in [7, 11) is 0. The standard InChI is InChI=1S/C16H24N2O3/c1-5-13(6-2)11-17(7-3)16-9-8-14(18(20)21)10-15(16)12(4)19/h8-10,13H,5-7,11H2,1-4H3. The lowest BCUT2D eigenvalue weighted by Gasteiger charge is -2.28. The fourth-order valence-corrected chi connectivity index (χ4v) is 2.45. The van der Waals surface area contributed by atoms with Crippen molar-refractivity contribution in [3.05, 3.63) is 33.9 Å². The van der Waals surface area contributed by atoms with E-state index in [1.807, 2.05) is 6.92 Å². The van der Waals surface area contributed by atoms with E-state index in [0.29, 0.717) is 11.5 Å². The van der Waals surface area contributed by atoms with Crippen LogP contribution in [0.2, 0.25) is 0 Å². The van der Waals surface area contributed by atoms with Gasteiger partial charge in [0.25, 0.3) is 5.69 Å². The molecule has 1 aromatic carbocycles. The number of carbonyl (C=O) groups is 1. The second kappa shape index (κ2) is 7.76. The monoisotopic (exact) mass is 292 g/mol. The zero-order chi connectivity index (χ0) is 16.0. The first-order valence-corrected chi connectivity index (χ1v) is 7.48. The summed E-state index contributed by atoms with van der Waals surface area (Å²) in [4.78, 5) is 24.4. The smallest absolute Gasteiger partial charge is 0.270 e. The van der Waals surface area contributed by atoms with Crippen molar-refractivity contribution in [3.63, 3.8) is 0 Å². The van der Waals surface area contributed by atoms with Gasteiger partial charge in [-0.3, -0.25) is 14.9 Å². The summed E-state index contributed by atoms with van der Waals surface area (Å²) in [6, 6.07) is 4.55. The van der Waals surface area contributed by atoms with Crippen LogP contribution in [0.5, 0.6) is 0 Å². The van der Waals surface area contributed by atoms with Crippen LogP contribution < -0.4 is 4.90 Å². The molecule has 1 aromatic rings. The molecule has 0 atom stereocenters. The summed E-state index contributed by atoms with van der Waals surface area (Å²) in [5.74, 6) is 0.414. The summed E-state index contributed by atoms with van der Waals surface area (Å²) < 4.78 is 0. The van der Waals surface area contributed by atoms with Crippen molar-refractivity contribution in [2.45, 2.75) is 40.5 Å². The van der Waals surface area contributed by atoms with Crippen molar-refractivity contribution >= 4 is 17.2 Å². The third-order valence-electron chi connectivity index (χ3n) is 3.93. The number of nitro benzene ring substituents is 1. The zero-order valence-corrected chi connectivity index (χ0v) is 13.3. The molecule has 0 aliphatic rings. The van der Waals surface area contributed by atoms with Gasteiger partial charge in [0.05, 0.1) is 4.92 Å². The van der Waals surface area contributed by atoms with Crippen LogP contribution in [-0.4, -0.2) is 23.8 Å². The van der Waals surface area contributed by atoms with E-state index in [2.05, 4.69) is 18.7 Å². The van der Waals surface area contributed by atoms with E-state index in [4.69, 9.17) is 0 Å². The first-order chi connectivity index (χ1) is 9.94. The summed E-state index contributed by atoms with van der Waals surface area (Å²) in [5.41, 5.74) is 1.18. The Bertz CT molecular complexity index is 510. The van der Waals surface area contributed by atoms with Gasteiger partial charge in [0.2, 0.25) is 0 Å². The molecular weight excluding hydrogens is 268 g/mol. The van der Waals surface area contributed by atoms with Crippen LogP contribution in [0.4, 0.5) is 11.4 Å². The van der Waals surface area contributed by atoms with E-state index < -0.39 is 4.92 Å². The molecule has 0 amide bonds. The van der Waals surface area contributed by atoms with Gasteiger partial charge < -0.3 is 4.90 Å². The van der Waals surface area contributed by atoms with Gasteiger partial charge in [-0.1, -0.05) is 26.7 Å². The van der Waals surface area contributed by atoms with Crippen molar-refractivity contribution in [2.24, 2.45) is 5.92 Å². The van der Waals surface area contributed by atoms with Gasteiger partial charge in [-0.15, -0.1) is 0 Å². The molecule has 0 bridgehead atoms. The molecule has 0 aliphatic heterocycles. The number of hydrogen-bond donors (Lipinski definition) is 0. The van der Waals surface area contributed by atoms with Crippen molar-refractivity contribution in [1.29, 1.82) is 0 Å². The average molecular weight is 292 g/mol. The van der Waals surface area contributed by atoms with Crippen molar-refractivity contribution in [3.8, 4) is 0 Å². The summed E-state index contributed by atoms with van der Waals surface area (Å²) >= 11 is 0. The fraction of sp³-hybridized carbons (Fsp3) is 0.562. The molecular formula is C16H24N2O3. The minimum atomic E-state index is -0.465. The molecule has 0 aliphatic carbocycles. The first kappa shape index (κ1) is 17.1. The molecule has 0 unspecified atom stereocenters. The Morgan fingerprint density at radius 3 is 2.33 bits per heavy atom. The second-order valence-corrected chi connectivity index (χ2v) is 5.24. The van der Waals surface area contributed by atoms with E-state index in [-0.39, 0.29) is 11.5 Å². The highest BCUT2D eigenvalue weighted by Crippen LogP contribution is 2.27. The van der Waals surface area contributed by atoms with Gasteiger partial charge in [-0.05, 0) is 25.8 Å². The predicted octanol–water partition coefficient (Wildman–Crippen LogP) is 4.06. The Hall–Kier alpha value is -1.91. The van der Waals surface area contributed by atoms with Crippen LogP contribution in [-0.2, 0) is 0 Å². The molecule has 0 saturated heterocycles. The summed E-state index contributed by atoms with van der Waals surface area (Å²) in [5, 5.41) is 10.9. The molecule has 0 saturated carbocycles. The quantitative estimate of drug-likeness (QED) is 0.412. The van der Waals surface area contributed by atoms with Crippen LogP contribution in [0, 0.1) is 16.0 Å². The third-order valence-corrected chi connectivity index (χ3v) is 3.93. The Balaban J connectivity index is 3.19. The lowest BCUT2D eigenvalue weighted by molar-refractivity contribution is -0.384.